The van der Waals surface area contributed by atoms with Crippen LogP contribution in [-0.4, -0.2) is 41.8 Å². The van der Waals surface area contributed by atoms with E-state index in [-0.39, 0.29) is 6.61 Å². The molecule has 1 rings (SSSR count). The van der Waals surface area contributed by atoms with E-state index in [2.05, 4.69) is 34.0 Å². The number of hydrogen-bond acceptors (Lipinski definition) is 5. The summed E-state index contributed by atoms with van der Waals surface area (Å²) in [5, 5.41) is 11.8. The lowest BCUT2D eigenvalue weighted by molar-refractivity contribution is 0.311. The van der Waals surface area contributed by atoms with Crippen molar-refractivity contribution < 1.29 is 5.11 Å². The van der Waals surface area contributed by atoms with Gasteiger partial charge < -0.3 is 15.3 Å². The summed E-state index contributed by atoms with van der Waals surface area (Å²) in [4.78, 5) is 10.8. The summed E-state index contributed by atoms with van der Waals surface area (Å²) in [6.07, 6.45) is 0. The maximum atomic E-state index is 8.78. The quantitative estimate of drug-likeness (QED) is 0.782. The highest BCUT2D eigenvalue weighted by molar-refractivity contribution is 5.48. The zero-order valence-corrected chi connectivity index (χ0v) is 11.1. The molecule has 0 amide bonds. The van der Waals surface area contributed by atoms with Gasteiger partial charge in [0.1, 0.15) is 17.5 Å². The number of aliphatic hydroxyl groups excluding tert-OH is 1. The summed E-state index contributed by atoms with van der Waals surface area (Å²) in [5.74, 6) is 2.99. The number of aryl methyl sites for hydroxylation is 1. The first-order valence-corrected chi connectivity index (χ1v) is 5.94. The second kappa shape index (κ2) is 6.39. The standard InChI is InChI=1S/C12H22N4O/c1-9(2)8-16(4)12-7-11(13-5-6-17)14-10(3)15-12/h7,9,17H,5-6,8H2,1-4H3,(H,13,14,15). The molecule has 0 spiro atoms. The lowest BCUT2D eigenvalue weighted by Crippen LogP contribution is -2.24. The summed E-state index contributed by atoms with van der Waals surface area (Å²) < 4.78 is 0. The number of nitrogens with one attached hydrogen (secondary N) is 1. The van der Waals surface area contributed by atoms with Gasteiger partial charge in [-0.2, -0.15) is 0 Å². The van der Waals surface area contributed by atoms with Gasteiger partial charge in [0.15, 0.2) is 0 Å². The van der Waals surface area contributed by atoms with Crippen LogP contribution in [0, 0.1) is 12.8 Å². The van der Waals surface area contributed by atoms with Crippen molar-refractivity contribution in [1.82, 2.24) is 9.97 Å². The molecule has 0 saturated heterocycles. The Morgan fingerprint density at radius 3 is 2.71 bits per heavy atom. The van der Waals surface area contributed by atoms with Crippen LogP contribution in [0.25, 0.3) is 0 Å². The molecule has 0 unspecified atom stereocenters. The second-order valence-electron chi connectivity index (χ2n) is 4.58. The fourth-order valence-electron chi connectivity index (χ4n) is 1.66. The van der Waals surface area contributed by atoms with Crippen molar-refractivity contribution in [2.45, 2.75) is 20.8 Å². The van der Waals surface area contributed by atoms with Gasteiger partial charge in [0.25, 0.3) is 0 Å². The van der Waals surface area contributed by atoms with E-state index in [0.717, 1.165) is 24.0 Å². The molecule has 0 atom stereocenters. The second-order valence-corrected chi connectivity index (χ2v) is 4.58. The van der Waals surface area contributed by atoms with Gasteiger partial charge in [0.05, 0.1) is 6.61 Å². The monoisotopic (exact) mass is 238 g/mol. The van der Waals surface area contributed by atoms with Crippen LogP contribution in [0.15, 0.2) is 6.07 Å². The highest BCUT2D eigenvalue weighted by Crippen LogP contribution is 2.15. The molecule has 0 aliphatic heterocycles. The van der Waals surface area contributed by atoms with Crippen LogP contribution in [0.2, 0.25) is 0 Å². The predicted octanol–water partition coefficient (Wildman–Crippen LogP) is 1.28. The van der Waals surface area contributed by atoms with Gasteiger partial charge >= 0.3 is 0 Å². The minimum absolute atomic E-state index is 0.0974. The number of anilines is 2. The number of hydrogen-bond donors (Lipinski definition) is 2. The van der Waals surface area contributed by atoms with Gasteiger partial charge in [-0.15, -0.1) is 0 Å². The summed E-state index contributed by atoms with van der Waals surface area (Å²) in [6, 6.07) is 1.91. The lowest BCUT2D eigenvalue weighted by atomic mass is 10.2. The molecule has 17 heavy (non-hydrogen) atoms. The summed E-state index contributed by atoms with van der Waals surface area (Å²) in [6.45, 7) is 7.78. The average molecular weight is 238 g/mol. The topological polar surface area (TPSA) is 61.3 Å². The van der Waals surface area contributed by atoms with E-state index < -0.39 is 0 Å². The molecule has 5 nitrogen and oxygen atoms in total. The largest absolute Gasteiger partial charge is 0.395 e. The fraction of sp³-hybridized carbons (Fsp3) is 0.667. The molecule has 2 N–H and O–H groups in total. The summed E-state index contributed by atoms with van der Waals surface area (Å²) in [5.41, 5.74) is 0. The van der Waals surface area contributed by atoms with Crippen molar-refractivity contribution in [3.05, 3.63) is 11.9 Å². The molecule has 1 heterocycles. The first-order valence-electron chi connectivity index (χ1n) is 5.94. The molecule has 1 aromatic heterocycles. The minimum atomic E-state index is 0.0974. The Hall–Kier alpha value is -1.36. The molecule has 0 aromatic carbocycles. The van der Waals surface area contributed by atoms with E-state index in [4.69, 9.17) is 5.11 Å². The predicted molar refractivity (Wildman–Crippen MR) is 70.5 cm³/mol. The van der Waals surface area contributed by atoms with Crippen molar-refractivity contribution in [2.75, 3.05) is 37.0 Å². The molecule has 1 aromatic rings. The SMILES string of the molecule is Cc1nc(NCCO)cc(N(C)CC(C)C)n1. The fourth-order valence-corrected chi connectivity index (χ4v) is 1.66. The number of rotatable bonds is 6. The maximum Gasteiger partial charge on any atom is 0.134 e. The van der Waals surface area contributed by atoms with Gasteiger partial charge in [0, 0.05) is 26.2 Å². The van der Waals surface area contributed by atoms with Gasteiger partial charge in [-0.05, 0) is 12.8 Å². The third-order valence-electron chi connectivity index (χ3n) is 2.27. The highest BCUT2D eigenvalue weighted by atomic mass is 16.3. The molecular weight excluding hydrogens is 216 g/mol. The molecule has 0 aliphatic carbocycles. The molecule has 0 bridgehead atoms. The Kier molecular flexibility index (Phi) is 5.15. The zero-order chi connectivity index (χ0) is 12.8. The third kappa shape index (κ3) is 4.56. The van der Waals surface area contributed by atoms with E-state index in [0.29, 0.717) is 12.5 Å². The Morgan fingerprint density at radius 2 is 2.12 bits per heavy atom. The summed E-state index contributed by atoms with van der Waals surface area (Å²) >= 11 is 0. The van der Waals surface area contributed by atoms with Gasteiger partial charge in [-0.25, -0.2) is 9.97 Å². The Labute approximate surface area is 103 Å². The first kappa shape index (κ1) is 13.7. The van der Waals surface area contributed by atoms with Crippen LogP contribution in [0.1, 0.15) is 19.7 Å². The van der Waals surface area contributed by atoms with E-state index in [1.165, 1.54) is 0 Å². The van der Waals surface area contributed by atoms with Crippen molar-refractivity contribution >= 4 is 11.6 Å². The van der Waals surface area contributed by atoms with Crippen LogP contribution in [0.5, 0.6) is 0 Å². The number of aliphatic hydroxyl groups is 1. The maximum absolute atomic E-state index is 8.78. The normalized spacial score (nSPS) is 10.7. The van der Waals surface area contributed by atoms with Crippen molar-refractivity contribution in [2.24, 2.45) is 5.92 Å². The molecule has 0 fully saturated rings. The molecule has 5 heteroatoms. The van der Waals surface area contributed by atoms with E-state index in [1.807, 2.05) is 20.0 Å². The number of aromatic nitrogens is 2. The van der Waals surface area contributed by atoms with Crippen molar-refractivity contribution in [1.29, 1.82) is 0 Å². The lowest BCUT2D eigenvalue weighted by Gasteiger charge is -2.21. The summed E-state index contributed by atoms with van der Waals surface area (Å²) in [7, 11) is 2.03. The highest BCUT2D eigenvalue weighted by Gasteiger charge is 2.07. The minimum Gasteiger partial charge on any atom is -0.395 e. The Balaban J connectivity index is 2.80. The van der Waals surface area contributed by atoms with Crippen LogP contribution < -0.4 is 10.2 Å². The average Bonchev–Trinajstić information content (AvgIpc) is 2.24. The van der Waals surface area contributed by atoms with E-state index >= 15 is 0 Å². The Morgan fingerprint density at radius 1 is 1.41 bits per heavy atom. The molecule has 0 radical (unpaired) electrons. The van der Waals surface area contributed by atoms with Crippen LogP contribution in [0.4, 0.5) is 11.6 Å². The first-order chi connectivity index (χ1) is 8.02. The third-order valence-corrected chi connectivity index (χ3v) is 2.27. The molecule has 0 aliphatic rings. The van der Waals surface area contributed by atoms with Crippen LogP contribution in [-0.2, 0) is 0 Å². The van der Waals surface area contributed by atoms with Gasteiger partial charge in [-0.3, -0.25) is 0 Å². The zero-order valence-electron chi connectivity index (χ0n) is 11.1. The van der Waals surface area contributed by atoms with Gasteiger partial charge in [0.2, 0.25) is 0 Å². The number of nitrogens with zero attached hydrogens (tertiary/aromatic N) is 3. The van der Waals surface area contributed by atoms with Crippen molar-refractivity contribution in [3.8, 4) is 0 Å². The molecule has 96 valence electrons. The van der Waals surface area contributed by atoms with Crippen molar-refractivity contribution in [3.63, 3.8) is 0 Å². The van der Waals surface area contributed by atoms with E-state index in [1.54, 1.807) is 0 Å². The van der Waals surface area contributed by atoms with Gasteiger partial charge in [-0.1, -0.05) is 13.8 Å². The van der Waals surface area contributed by atoms with Crippen LogP contribution >= 0.6 is 0 Å². The Bertz CT molecular complexity index is 354. The molecular formula is C12H22N4O. The van der Waals surface area contributed by atoms with Crippen LogP contribution in [0.3, 0.4) is 0 Å². The van der Waals surface area contributed by atoms with E-state index in [9.17, 15) is 0 Å². The smallest absolute Gasteiger partial charge is 0.134 e. The molecule has 0 saturated carbocycles.